The van der Waals surface area contributed by atoms with Gasteiger partial charge in [-0.2, -0.15) is 5.10 Å². The Balaban J connectivity index is 1.88. The molecule has 3 rings (SSSR count). The zero-order valence-corrected chi connectivity index (χ0v) is 10.1. The Labute approximate surface area is 101 Å². The minimum Gasteiger partial charge on any atom is -0.273 e. The van der Waals surface area contributed by atoms with Crippen LogP contribution >= 0.6 is 0 Å². The SMILES string of the molecule is CC(C)c1ccc(C2=NNC(=O)[C@@H]3C[C@@H]23)cc1. The van der Waals surface area contributed by atoms with Crippen LogP contribution < -0.4 is 5.43 Å². The van der Waals surface area contributed by atoms with Crippen molar-refractivity contribution >= 4 is 11.6 Å². The number of carbonyl (C=O) groups excluding carboxylic acids is 1. The second kappa shape index (κ2) is 3.69. The van der Waals surface area contributed by atoms with Crippen molar-refractivity contribution in [1.82, 2.24) is 5.43 Å². The summed E-state index contributed by atoms with van der Waals surface area (Å²) >= 11 is 0. The second-order valence-corrected chi connectivity index (χ2v) is 5.20. The molecule has 0 spiro atoms. The van der Waals surface area contributed by atoms with E-state index in [-0.39, 0.29) is 11.8 Å². The fourth-order valence-corrected chi connectivity index (χ4v) is 2.39. The van der Waals surface area contributed by atoms with E-state index in [9.17, 15) is 4.79 Å². The molecule has 0 unspecified atom stereocenters. The van der Waals surface area contributed by atoms with E-state index in [1.165, 1.54) is 5.56 Å². The predicted octanol–water partition coefficient (Wildman–Crippen LogP) is 2.28. The van der Waals surface area contributed by atoms with Crippen LogP contribution in [0.4, 0.5) is 0 Å². The van der Waals surface area contributed by atoms with Gasteiger partial charge in [-0.25, -0.2) is 5.43 Å². The molecule has 3 heteroatoms. The van der Waals surface area contributed by atoms with Crippen LogP contribution in [0.15, 0.2) is 29.4 Å². The van der Waals surface area contributed by atoms with E-state index in [4.69, 9.17) is 0 Å². The molecular formula is C14H16N2O. The predicted molar refractivity (Wildman–Crippen MR) is 66.8 cm³/mol. The van der Waals surface area contributed by atoms with E-state index in [2.05, 4.69) is 48.6 Å². The molecule has 88 valence electrons. The third-order valence-electron chi connectivity index (χ3n) is 3.64. The molecule has 1 N–H and O–H groups in total. The maximum Gasteiger partial charge on any atom is 0.243 e. The van der Waals surface area contributed by atoms with E-state index in [1.54, 1.807) is 0 Å². The van der Waals surface area contributed by atoms with Crippen molar-refractivity contribution < 1.29 is 4.79 Å². The minimum absolute atomic E-state index is 0.0811. The Bertz CT molecular complexity index is 487. The van der Waals surface area contributed by atoms with Crippen LogP contribution in [0.3, 0.4) is 0 Å². The van der Waals surface area contributed by atoms with E-state index in [1.807, 2.05) is 0 Å². The maximum absolute atomic E-state index is 11.3. The van der Waals surface area contributed by atoms with Gasteiger partial charge in [-0.3, -0.25) is 4.79 Å². The summed E-state index contributed by atoms with van der Waals surface area (Å²) in [6.45, 7) is 4.37. The van der Waals surface area contributed by atoms with Gasteiger partial charge < -0.3 is 0 Å². The van der Waals surface area contributed by atoms with Crippen molar-refractivity contribution in [2.24, 2.45) is 16.9 Å². The Morgan fingerprint density at radius 3 is 2.59 bits per heavy atom. The number of hydrogen-bond acceptors (Lipinski definition) is 2. The summed E-state index contributed by atoms with van der Waals surface area (Å²) in [5.41, 5.74) is 6.13. The largest absolute Gasteiger partial charge is 0.273 e. The Kier molecular flexibility index (Phi) is 2.28. The summed E-state index contributed by atoms with van der Waals surface area (Å²) in [6, 6.07) is 8.52. The zero-order chi connectivity index (χ0) is 12.0. The number of nitrogens with one attached hydrogen (secondary N) is 1. The third-order valence-corrected chi connectivity index (χ3v) is 3.64. The highest BCUT2D eigenvalue weighted by Crippen LogP contribution is 2.43. The van der Waals surface area contributed by atoms with Crippen molar-refractivity contribution in [3.8, 4) is 0 Å². The summed E-state index contributed by atoms with van der Waals surface area (Å²) in [7, 11) is 0. The highest BCUT2D eigenvalue weighted by Gasteiger charge is 2.49. The van der Waals surface area contributed by atoms with E-state index in [0.717, 1.165) is 17.7 Å². The van der Waals surface area contributed by atoms with Crippen LogP contribution in [-0.4, -0.2) is 11.6 Å². The van der Waals surface area contributed by atoms with Gasteiger partial charge in [0.2, 0.25) is 5.91 Å². The van der Waals surface area contributed by atoms with Crippen molar-refractivity contribution in [3.63, 3.8) is 0 Å². The Hall–Kier alpha value is -1.64. The van der Waals surface area contributed by atoms with Crippen LogP contribution in [-0.2, 0) is 4.79 Å². The average molecular weight is 228 g/mol. The van der Waals surface area contributed by atoms with Crippen molar-refractivity contribution in [2.75, 3.05) is 0 Å². The van der Waals surface area contributed by atoms with Crippen molar-refractivity contribution in [2.45, 2.75) is 26.2 Å². The summed E-state index contributed by atoms with van der Waals surface area (Å²) in [4.78, 5) is 11.3. The first kappa shape index (κ1) is 10.5. The molecule has 0 bridgehead atoms. The summed E-state index contributed by atoms with van der Waals surface area (Å²) in [6.07, 6.45) is 0.955. The molecule has 0 aromatic heterocycles. The topological polar surface area (TPSA) is 41.5 Å². The molecule has 1 aromatic rings. The molecule has 0 radical (unpaired) electrons. The number of rotatable bonds is 2. The van der Waals surface area contributed by atoms with Crippen molar-refractivity contribution in [1.29, 1.82) is 0 Å². The van der Waals surface area contributed by atoms with Crippen LogP contribution in [0.25, 0.3) is 0 Å². The standard InChI is InChI=1S/C14H16N2O/c1-8(2)9-3-5-10(6-4-9)13-11-7-12(11)14(17)16-15-13/h3-6,8,11-12H,7H2,1-2H3,(H,16,17)/t11-,12-/m1/s1. The molecule has 1 amide bonds. The molecule has 2 atom stereocenters. The lowest BCUT2D eigenvalue weighted by molar-refractivity contribution is -0.122. The second-order valence-electron chi connectivity index (χ2n) is 5.20. The molecule has 1 aliphatic carbocycles. The molecule has 1 fully saturated rings. The van der Waals surface area contributed by atoms with Gasteiger partial charge in [-0.15, -0.1) is 0 Å². The first-order valence-corrected chi connectivity index (χ1v) is 6.14. The normalized spacial score (nSPS) is 26.3. The summed E-state index contributed by atoms with van der Waals surface area (Å²) in [5.74, 6) is 1.16. The molecule has 1 aliphatic heterocycles. The quantitative estimate of drug-likeness (QED) is 0.829. The molecule has 17 heavy (non-hydrogen) atoms. The molecule has 1 saturated carbocycles. The van der Waals surface area contributed by atoms with Gasteiger partial charge in [0.25, 0.3) is 0 Å². The van der Waals surface area contributed by atoms with E-state index >= 15 is 0 Å². The molecule has 3 nitrogen and oxygen atoms in total. The van der Waals surface area contributed by atoms with Gasteiger partial charge in [-0.05, 0) is 23.5 Å². The highest BCUT2D eigenvalue weighted by molar-refractivity contribution is 6.09. The molecule has 1 aromatic carbocycles. The Morgan fingerprint density at radius 1 is 1.24 bits per heavy atom. The number of benzene rings is 1. The van der Waals surface area contributed by atoms with Gasteiger partial charge in [-0.1, -0.05) is 38.1 Å². The minimum atomic E-state index is 0.0811. The number of nitrogens with zero attached hydrogens (tertiary/aromatic N) is 1. The van der Waals surface area contributed by atoms with Crippen molar-refractivity contribution in [3.05, 3.63) is 35.4 Å². The van der Waals surface area contributed by atoms with Gasteiger partial charge >= 0.3 is 0 Å². The van der Waals surface area contributed by atoms with E-state index in [0.29, 0.717) is 11.8 Å². The molecule has 0 saturated heterocycles. The number of carbonyl (C=O) groups is 1. The van der Waals surface area contributed by atoms with Gasteiger partial charge in [0.1, 0.15) is 0 Å². The average Bonchev–Trinajstić information content (AvgIpc) is 3.10. The van der Waals surface area contributed by atoms with Gasteiger partial charge in [0, 0.05) is 11.8 Å². The summed E-state index contributed by atoms with van der Waals surface area (Å²) in [5, 5.41) is 4.20. The van der Waals surface area contributed by atoms with Crippen LogP contribution in [0.1, 0.15) is 37.3 Å². The Morgan fingerprint density at radius 2 is 1.94 bits per heavy atom. The van der Waals surface area contributed by atoms with Gasteiger partial charge in [0.05, 0.1) is 5.71 Å². The lowest BCUT2D eigenvalue weighted by Crippen LogP contribution is -2.28. The molecule has 1 heterocycles. The number of hydrazone groups is 1. The third kappa shape index (κ3) is 1.75. The highest BCUT2D eigenvalue weighted by atomic mass is 16.2. The zero-order valence-electron chi connectivity index (χ0n) is 10.1. The lowest BCUT2D eigenvalue weighted by Gasteiger charge is -2.12. The van der Waals surface area contributed by atoms with Crippen LogP contribution in [0.5, 0.6) is 0 Å². The molecular weight excluding hydrogens is 212 g/mol. The fraction of sp³-hybridized carbons (Fsp3) is 0.429. The monoisotopic (exact) mass is 228 g/mol. The fourth-order valence-electron chi connectivity index (χ4n) is 2.39. The number of hydrogen-bond donors (Lipinski definition) is 1. The lowest BCUT2D eigenvalue weighted by atomic mass is 9.98. The molecule has 2 aliphatic rings. The maximum atomic E-state index is 11.3. The van der Waals surface area contributed by atoms with Gasteiger partial charge in [0.15, 0.2) is 0 Å². The number of fused-ring (bicyclic) bond motifs is 1. The van der Waals surface area contributed by atoms with E-state index < -0.39 is 0 Å². The first-order valence-electron chi connectivity index (χ1n) is 6.14. The smallest absolute Gasteiger partial charge is 0.243 e. The van der Waals surface area contributed by atoms with Crippen LogP contribution in [0, 0.1) is 11.8 Å². The first-order chi connectivity index (χ1) is 8.16. The van der Waals surface area contributed by atoms with Crippen LogP contribution in [0.2, 0.25) is 0 Å². The summed E-state index contributed by atoms with van der Waals surface area (Å²) < 4.78 is 0. The number of amides is 1.